The maximum absolute atomic E-state index is 8.69. The molecule has 0 unspecified atom stereocenters. The molecule has 6 nitrogen and oxygen atoms in total. The number of nitriles is 1. The molecule has 0 bridgehead atoms. The highest BCUT2D eigenvalue weighted by atomic mass is 32.2. The van der Waals surface area contributed by atoms with Gasteiger partial charge in [-0.3, -0.25) is 5.32 Å². The number of hydrogen-bond acceptors (Lipinski definition) is 7. The number of aliphatic imine (C=N–C) groups is 1. The molecule has 2 aromatic rings. The smallest absolute Gasteiger partial charge is 0.186 e. The van der Waals surface area contributed by atoms with E-state index >= 15 is 0 Å². The van der Waals surface area contributed by atoms with E-state index in [0.29, 0.717) is 5.17 Å². The highest BCUT2D eigenvalue weighted by molar-refractivity contribution is 8.13. The van der Waals surface area contributed by atoms with Crippen LogP contribution in [0.25, 0.3) is 10.2 Å². The van der Waals surface area contributed by atoms with Crippen LogP contribution in [0.3, 0.4) is 0 Å². The summed E-state index contributed by atoms with van der Waals surface area (Å²) in [5.41, 5.74) is 1.79. The SMILES string of the molecule is CSC(=Nc1ccc2nc(N3CCOCC3)sc2c1)NC#N. The molecule has 8 heteroatoms. The number of amidine groups is 1. The van der Waals surface area contributed by atoms with E-state index in [0.717, 1.165) is 47.3 Å². The van der Waals surface area contributed by atoms with Gasteiger partial charge < -0.3 is 9.64 Å². The van der Waals surface area contributed by atoms with Crippen molar-refractivity contribution in [2.75, 3.05) is 37.5 Å². The topological polar surface area (TPSA) is 73.5 Å². The highest BCUT2D eigenvalue weighted by Crippen LogP contribution is 2.32. The number of morpholine rings is 1. The summed E-state index contributed by atoms with van der Waals surface area (Å²) in [4.78, 5) is 11.4. The van der Waals surface area contributed by atoms with Crippen molar-refractivity contribution in [3.8, 4) is 6.19 Å². The number of thiazole rings is 1. The van der Waals surface area contributed by atoms with Crippen molar-refractivity contribution in [2.45, 2.75) is 0 Å². The van der Waals surface area contributed by atoms with Crippen LogP contribution in [0.4, 0.5) is 10.8 Å². The van der Waals surface area contributed by atoms with Gasteiger partial charge in [0.2, 0.25) is 0 Å². The minimum atomic E-state index is 0.583. The third kappa shape index (κ3) is 3.32. The summed E-state index contributed by atoms with van der Waals surface area (Å²) in [6.07, 6.45) is 3.77. The fraction of sp³-hybridized carbons (Fsp3) is 0.357. The van der Waals surface area contributed by atoms with Crippen LogP contribution in [-0.4, -0.2) is 42.7 Å². The first-order chi connectivity index (χ1) is 10.8. The molecular weight excluding hydrogens is 318 g/mol. The predicted octanol–water partition coefficient (Wildman–Crippen LogP) is 2.55. The van der Waals surface area contributed by atoms with Crippen LogP contribution in [0.5, 0.6) is 0 Å². The number of aromatic nitrogens is 1. The number of anilines is 1. The predicted molar refractivity (Wildman–Crippen MR) is 92.0 cm³/mol. The minimum absolute atomic E-state index is 0.583. The van der Waals surface area contributed by atoms with Crippen molar-refractivity contribution >= 4 is 49.3 Å². The highest BCUT2D eigenvalue weighted by Gasteiger charge is 2.15. The molecule has 1 saturated heterocycles. The zero-order valence-electron chi connectivity index (χ0n) is 12.1. The van der Waals surface area contributed by atoms with Crippen LogP contribution in [-0.2, 0) is 4.74 Å². The molecule has 0 atom stereocenters. The van der Waals surface area contributed by atoms with Crippen molar-refractivity contribution in [3.05, 3.63) is 18.2 Å². The van der Waals surface area contributed by atoms with Crippen molar-refractivity contribution in [1.82, 2.24) is 10.3 Å². The second kappa shape index (κ2) is 6.96. The van der Waals surface area contributed by atoms with E-state index in [1.54, 1.807) is 11.3 Å². The molecule has 114 valence electrons. The van der Waals surface area contributed by atoms with Crippen LogP contribution in [0.15, 0.2) is 23.2 Å². The quantitative estimate of drug-likeness (QED) is 0.394. The van der Waals surface area contributed by atoms with Crippen LogP contribution in [0.2, 0.25) is 0 Å². The molecule has 0 spiro atoms. The van der Waals surface area contributed by atoms with Crippen molar-refractivity contribution < 1.29 is 4.74 Å². The number of nitrogens with one attached hydrogen (secondary N) is 1. The standard InChI is InChI=1S/C14H15N5OS2/c1-21-13(16-9-15)17-10-2-3-11-12(8-10)22-14(18-11)19-4-6-20-7-5-19/h2-3,8H,4-7H2,1H3,(H,16,17). The summed E-state index contributed by atoms with van der Waals surface area (Å²) < 4.78 is 6.47. The first-order valence-corrected chi connectivity index (χ1v) is 8.85. The lowest BCUT2D eigenvalue weighted by Gasteiger charge is -2.25. The Morgan fingerprint density at radius 3 is 3.05 bits per heavy atom. The molecule has 1 aliphatic heterocycles. The van der Waals surface area contributed by atoms with Crippen molar-refractivity contribution in [2.24, 2.45) is 4.99 Å². The van der Waals surface area contributed by atoms with E-state index in [4.69, 9.17) is 10.00 Å². The van der Waals surface area contributed by atoms with Gasteiger partial charge in [-0.05, 0) is 24.5 Å². The van der Waals surface area contributed by atoms with Crippen LogP contribution < -0.4 is 10.2 Å². The van der Waals surface area contributed by atoms with Gasteiger partial charge in [-0.1, -0.05) is 23.1 Å². The lowest BCUT2D eigenvalue weighted by Crippen LogP contribution is -2.36. The largest absolute Gasteiger partial charge is 0.378 e. The molecule has 0 radical (unpaired) electrons. The first kappa shape index (κ1) is 15.1. The number of hydrogen-bond donors (Lipinski definition) is 1. The maximum atomic E-state index is 8.69. The average molecular weight is 333 g/mol. The van der Waals surface area contributed by atoms with Gasteiger partial charge in [0.25, 0.3) is 0 Å². The monoisotopic (exact) mass is 333 g/mol. The lowest BCUT2D eigenvalue weighted by molar-refractivity contribution is 0.122. The van der Waals surface area contributed by atoms with Gasteiger partial charge in [0.05, 0.1) is 29.1 Å². The Morgan fingerprint density at radius 1 is 1.50 bits per heavy atom. The Labute approximate surface area is 136 Å². The fourth-order valence-electron chi connectivity index (χ4n) is 2.15. The van der Waals surface area contributed by atoms with E-state index in [1.807, 2.05) is 30.6 Å². The number of fused-ring (bicyclic) bond motifs is 1. The molecule has 1 aromatic heterocycles. The summed E-state index contributed by atoms with van der Waals surface area (Å²) in [7, 11) is 0. The summed E-state index contributed by atoms with van der Waals surface area (Å²) in [6, 6.07) is 5.89. The third-order valence-electron chi connectivity index (χ3n) is 3.23. The summed E-state index contributed by atoms with van der Waals surface area (Å²) in [5.74, 6) is 0. The summed E-state index contributed by atoms with van der Waals surface area (Å²) in [5, 5.41) is 12.9. The molecule has 2 heterocycles. The Bertz CT molecular complexity index is 730. The Morgan fingerprint density at radius 2 is 2.32 bits per heavy atom. The van der Waals surface area contributed by atoms with E-state index in [-0.39, 0.29) is 0 Å². The van der Waals surface area contributed by atoms with Gasteiger partial charge in [-0.25, -0.2) is 9.98 Å². The van der Waals surface area contributed by atoms with E-state index in [1.165, 1.54) is 11.8 Å². The number of benzene rings is 1. The van der Waals surface area contributed by atoms with Crippen molar-refractivity contribution in [3.63, 3.8) is 0 Å². The Balaban J connectivity index is 1.88. The molecule has 0 amide bonds. The number of ether oxygens (including phenoxy) is 1. The second-order valence-corrected chi connectivity index (χ2v) is 6.41. The number of thioether (sulfide) groups is 1. The number of nitrogens with zero attached hydrogens (tertiary/aromatic N) is 4. The van der Waals surface area contributed by atoms with E-state index < -0.39 is 0 Å². The number of rotatable bonds is 2. The molecule has 1 aliphatic rings. The van der Waals surface area contributed by atoms with E-state index in [2.05, 4.69) is 20.2 Å². The molecule has 1 N–H and O–H groups in total. The molecular formula is C14H15N5OS2. The fourth-order valence-corrected chi connectivity index (χ4v) is 3.54. The maximum Gasteiger partial charge on any atom is 0.186 e. The van der Waals surface area contributed by atoms with Crippen LogP contribution in [0, 0.1) is 11.5 Å². The zero-order chi connectivity index (χ0) is 15.4. The van der Waals surface area contributed by atoms with Crippen LogP contribution >= 0.6 is 23.1 Å². The molecule has 3 rings (SSSR count). The molecule has 0 saturated carbocycles. The first-order valence-electron chi connectivity index (χ1n) is 6.81. The summed E-state index contributed by atoms with van der Waals surface area (Å²) in [6.45, 7) is 3.27. The van der Waals surface area contributed by atoms with Gasteiger partial charge in [-0.2, -0.15) is 5.26 Å². The average Bonchev–Trinajstić information content (AvgIpc) is 2.98. The van der Waals surface area contributed by atoms with Crippen molar-refractivity contribution in [1.29, 1.82) is 5.26 Å². The Kier molecular flexibility index (Phi) is 4.77. The van der Waals surface area contributed by atoms with Gasteiger partial charge in [-0.15, -0.1) is 0 Å². The van der Waals surface area contributed by atoms with Gasteiger partial charge >= 0.3 is 0 Å². The van der Waals surface area contributed by atoms with Gasteiger partial charge in [0.15, 0.2) is 16.5 Å². The molecule has 1 fully saturated rings. The Hall–Kier alpha value is -1.82. The normalized spacial score (nSPS) is 15.8. The second-order valence-electron chi connectivity index (χ2n) is 4.61. The van der Waals surface area contributed by atoms with Gasteiger partial charge in [0.1, 0.15) is 0 Å². The zero-order valence-corrected chi connectivity index (χ0v) is 13.7. The molecule has 0 aliphatic carbocycles. The lowest BCUT2D eigenvalue weighted by atomic mass is 10.3. The molecule has 22 heavy (non-hydrogen) atoms. The van der Waals surface area contributed by atoms with Gasteiger partial charge in [0, 0.05) is 13.1 Å². The third-order valence-corrected chi connectivity index (χ3v) is 4.89. The molecule has 1 aromatic carbocycles. The van der Waals surface area contributed by atoms with Crippen LogP contribution in [0.1, 0.15) is 0 Å². The summed E-state index contributed by atoms with van der Waals surface area (Å²) >= 11 is 3.07. The minimum Gasteiger partial charge on any atom is -0.378 e. The van der Waals surface area contributed by atoms with E-state index in [9.17, 15) is 0 Å².